The van der Waals surface area contributed by atoms with Crippen molar-refractivity contribution in [2.45, 2.75) is 31.6 Å². The minimum atomic E-state index is -0.390. The molecule has 1 aromatic carbocycles. The van der Waals surface area contributed by atoms with E-state index >= 15 is 0 Å². The number of hydrogen-bond acceptors (Lipinski definition) is 6. The summed E-state index contributed by atoms with van der Waals surface area (Å²) in [5.74, 6) is -0.536. The lowest BCUT2D eigenvalue weighted by molar-refractivity contribution is -0.136. The van der Waals surface area contributed by atoms with Crippen molar-refractivity contribution in [1.82, 2.24) is 5.32 Å². The van der Waals surface area contributed by atoms with Crippen LogP contribution in [0.1, 0.15) is 42.0 Å². The van der Waals surface area contributed by atoms with Crippen molar-refractivity contribution >= 4 is 28.8 Å². The molecule has 1 aliphatic heterocycles. The van der Waals surface area contributed by atoms with Gasteiger partial charge in [0.25, 0.3) is 0 Å². The molecule has 0 saturated heterocycles. The molecular formula is C24H26N2O3S. The average molecular weight is 423 g/mol. The molecule has 2 heterocycles. The Hall–Kier alpha value is -2.86. The van der Waals surface area contributed by atoms with Crippen molar-refractivity contribution in [2.24, 2.45) is 0 Å². The maximum Gasteiger partial charge on any atom is 0.336 e. The Bertz CT molecular complexity index is 1030. The van der Waals surface area contributed by atoms with Crippen molar-refractivity contribution in [3.63, 3.8) is 0 Å². The predicted molar refractivity (Wildman–Crippen MR) is 120 cm³/mol. The molecule has 1 aliphatic carbocycles. The van der Waals surface area contributed by atoms with Crippen LogP contribution >= 0.6 is 11.3 Å². The van der Waals surface area contributed by atoms with E-state index in [0.29, 0.717) is 17.6 Å². The maximum absolute atomic E-state index is 13.4. The van der Waals surface area contributed by atoms with Crippen molar-refractivity contribution in [3.8, 4) is 0 Å². The Morgan fingerprint density at radius 2 is 1.90 bits per heavy atom. The highest BCUT2D eigenvalue weighted by Gasteiger charge is 2.41. The zero-order valence-corrected chi connectivity index (χ0v) is 18.5. The molecule has 2 atom stereocenters. The first kappa shape index (κ1) is 20.4. The Labute approximate surface area is 181 Å². The van der Waals surface area contributed by atoms with Gasteiger partial charge in [-0.25, -0.2) is 4.79 Å². The smallest absolute Gasteiger partial charge is 0.336 e. The number of hydrogen-bond donors (Lipinski definition) is 1. The van der Waals surface area contributed by atoms with Gasteiger partial charge < -0.3 is 15.0 Å². The van der Waals surface area contributed by atoms with E-state index in [2.05, 4.69) is 34.5 Å². The van der Waals surface area contributed by atoms with Crippen LogP contribution < -0.4 is 10.2 Å². The second-order valence-corrected chi connectivity index (χ2v) is 8.99. The van der Waals surface area contributed by atoms with E-state index in [1.54, 1.807) is 11.3 Å². The summed E-state index contributed by atoms with van der Waals surface area (Å²) in [5, 5.41) is 5.35. The Kier molecular flexibility index (Phi) is 5.52. The SMILES string of the molecule is COC(=O)C1=C(C)NC2=C(C(=O)CC(c3ccc(N(C)C)cc3)C2)C1c1cccs1. The molecule has 5 nitrogen and oxygen atoms in total. The van der Waals surface area contributed by atoms with E-state index in [9.17, 15) is 9.59 Å². The number of allylic oxidation sites excluding steroid dienone is 3. The van der Waals surface area contributed by atoms with Crippen LogP contribution in [-0.2, 0) is 14.3 Å². The molecule has 2 aliphatic rings. The predicted octanol–water partition coefficient (Wildman–Crippen LogP) is 4.35. The van der Waals surface area contributed by atoms with Gasteiger partial charge in [-0.15, -0.1) is 11.3 Å². The third kappa shape index (κ3) is 3.56. The standard InChI is InChI=1S/C24H26N2O3S/c1-14-21(24(28)29-4)23(20-6-5-11-30-20)22-18(25-14)12-16(13-19(22)27)15-7-9-17(10-8-15)26(2)3/h5-11,16,23,25H,12-13H2,1-4H3. The molecule has 2 aromatic rings. The molecular weight excluding hydrogens is 396 g/mol. The highest BCUT2D eigenvalue weighted by Crippen LogP contribution is 2.46. The van der Waals surface area contributed by atoms with Gasteiger partial charge in [0.2, 0.25) is 0 Å². The van der Waals surface area contributed by atoms with E-state index in [4.69, 9.17) is 4.74 Å². The number of thiophene rings is 1. The second-order valence-electron chi connectivity index (χ2n) is 8.01. The number of Topliss-reactive ketones (excluding diaryl/α,β-unsaturated/α-hetero) is 1. The first-order valence-corrected chi connectivity index (χ1v) is 10.9. The fourth-order valence-corrected chi connectivity index (χ4v) is 5.28. The summed E-state index contributed by atoms with van der Waals surface area (Å²) < 4.78 is 5.05. The number of dihydropyridines is 1. The van der Waals surface area contributed by atoms with E-state index in [0.717, 1.165) is 33.9 Å². The summed E-state index contributed by atoms with van der Waals surface area (Å²) in [5.41, 5.74) is 5.23. The van der Waals surface area contributed by atoms with Crippen LogP contribution in [0.2, 0.25) is 0 Å². The van der Waals surface area contributed by atoms with Gasteiger partial charge >= 0.3 is 5.97 Å². The molecule has 1 N–H and O–H groups in total. The van der Waals surface area contributed by atoms with Gasteiger partial charge in [0.05, 0.1) is 18.6 Å². The van der Waals surface area contributed by atoms with Crippen LogP contribution in [0, 0.1) is 0 Å². The van der Waals surface area contributed by atoms with Gasteiger partial charge in [0, 0.05) is 48.0 Å². The molecule has 1 aromatic heterocycles. The fraction of sp³-hybridized carbons (Fsp3) is 0.333. The van der Waals surface area contributed by atoms with Crippen molar-refractivity contribution < 1.29 is 14.3 Å². The first-order valence-electron chi connectivity index (χ1n) is 10.0. The van der Waals surface area contributed by atoms with Gasteiger partial charge in [-0.05, 0) is 48.4 Å². The summed E-state index contributed by atoms with van der Waals surface area (Å²) in [7, 11) is 5.41. The van der Waals surface area contributed by atoms with E-state index in [-0.39, 0.29) is 23.6 Å². The summed E-state index contributed by atoms with van der Waals surface area (Å²) in [6, 6.07) is 12.3. The number of ketones is 1. The molecule has 0 spiro atoms. The average Bonchev–Trinajstić information content (AvgIpc) is 3.26. The molecule has 0 fully saturated rings. The summed E-state index contributed by atoms with van der Waals surface area (Å²) >= 11 is 1.56. The van der Waals surface area contributed by atoms with Crippen molar-refractivity contribution in [1.29, 1.82) is 0 Å². The highest BCUT2D eigenvalue weighted by molar-refractivity contribution is 7.10. The Balaban J connectivity index is 1.72. The Morgan fingerprint density at radius 3 is 2.50 bits per heavy atom. The topological polar surface area (TPSA) is 58.6 Å². The molecule has 156 valence electrons. The quantitative estimate of drug-likeness (QED) is 0.743. The molecule has 4 rings (SSSR count). The number of rotatable bonds is 4. The zero-order chi connectivity index (χ0) is 21.4. The monoisotopic (exact) mass is 422 g/mol. The molecule has 0 amide bonds. The first-order chi connectivity index (χ1) is 14.4. The largest absolute Gasteiger partial charge is 0.466 e. The molecule has 0 saturated carbocycles. The minimum Gasteiger partial charge on any atom is -0.466 e. The molecule has 2 unspecified atom stereocenters. The van der Waals surface area contributed by atoms with Crippen LogP contribution in [0.5, 0.6) is 0 Å². The second kappa shape index (κ2) is 8.11. The number of nitrogens with zero attached hydrogens (tertiary/aromatic N) is 1. The number of methoxy groups -OCH3 is 1. The number of anilines is 1. The van der Waals surface area contributed by atoms with Crippen molar-refractivity contribution in [2.75, 3.05) is 26.1 Å². The molecule has 0 radical (unpaired) electrons. The van der Waals surface area contributed by atoms with Gasteiger partial charge in [-0.1, -0.05) is 18.2 Å². The number of carbonyl (C=O) groups is 2. The number of nitrogens with one attached hydrogen (secondary N) is 1. The zero-order valence-electron chi connectivity index (χ0n) is 17.7. The lowest BCUT2D eigenvalue weighted by Crippen LogP contribution is -2.35. The van der Waals surface area contributed by atoms with Crippen LogP contribution in [0.15, 0.2) is 64.3 Å². The lowest BCUT2D eigenvalue weighted by Gasteiger charge is -2.36. The van der Waals surface area contributed by atoms with Gasteiger partial charge in [-0.2, -0.15) is 0 Å². The number of carbonyl (C=O) groups excluding carboxylic acids is 2. The van der Waals surface area contributed by atoms with Crippen LogP contribution in [0.4, 0.5) is 5.69 Å². The van der Waals surface area contributed by atoms with Gasteiger partial charge in [0.15, 0.2) is 5.78 Å². The number of esters is 1. The summed E-state index contributed by atoms with van der Waals surface area (Å²) in [6.45, 7) is 1.89. The van der Waals surface area contributed by atoms with Crippen LogP contribution in [-0.4, -0.2) is 33.0 Å². The number of benzene rings is 1. The van der Waals surface area contributed by atoms with E-state index < -0.39 is 0 Å². The van der Waals surface area contributed by atoms with E-state index in [1.807, 2.05) is 38.5 Å². The fourth-order valence-electron chi connectivity index (χ4n) is 4.44. The lowest BCUT2D eigenvalue weighted by atomic mass is 9.73. The van der Waals surface area contributed by atoms with Gasteiger partial charge in [-0.3, -0.25) is 4.79 Å². The summed E-state index contributed by atoms with van der Waals surface area (Å²) in [6.07, 6.45) is 1.19. The third-order valence-corrected chi connectivity index (χ3v) is 6.88. The minimum absolute atomic E-state index is 0.0951. The highest BCUT2D eigenvalue weighted by atomic mass is 32.1. The van der Waals surface area contributed by atoms with Crippen LogP contribution in [0.3, 0.4) is 0 Å². The maximum atomic E-state index is 13.4. The molecule has 0 bridgehead atoms. The summed E-state index contributed by atoms with van der Waals surface area (Å²) in [4.78, 5) is 29.0. The Morgan fingerprint density at radius 1 is 1.17 bits per heavy atom. The van der Waals surface area contributed by atoms with E-state index in [1.165, 1.54) is 7.11 Å². The van der Waals surface area contributed by atoms with Crippen molar-refractivity contribution in [3.05, 3.63) is 74.8 Å². The molecule has 6 heteroatoms. The normalized spacial score (nSPS) is 21.3. The number of ether oxygens (including phenoxy) is 1. The van der Waals surface area contributed by atoms with Gasteiger partial charge in [0.1, 0.15) is 0 Å². The molecule has 30 heavy (non-hydrogen) atoms. The third-order valence-electron chi connectivity index (χ3n) is 5.94. The van der Waals surface area contributed by atoms with Crippen LogP contribution in [0.25, 0.3) is 0 Å².